The number of nitrogens with zero attached hydrogens (tertiary/aromatic N) is 2. The van der Waals surface area contributed by atoms with E-state index in [1.54, 1.807) is 11.0 Å². The molecule has 0 unspecified atom stereocenters. The zero-order valence-corrected chi connectivity index (χ0v) is 9.36. The molecular weight excluding hydrogens is 192 g/mol. The van der Waals surface area contributed by atoms with E-state index in [1.807, 2.05) is 13.8 Å². The van der Waals surface area contributed by atoms with Gasteiger partial charge in [-0.05, 0) is 20.3 Å². The molecule has 0 aliphatic heterocycles. The first kappa shape index (κ1) is 13.7. The molecule has 0 aromatic heterocycles. The van der Waals surface area contributed by atoms with Gasteiger partial charge in [0.05, 0.1) is 18.0 Å². The van der Waals surface area contributed by atoms with Gasteiger partial charge in [0.15, 0.2) is 0 Å². The summed E-state index contributed by atoms with van der Waals surface area (Å²) in [7, 11) is 0. The van der Waals surface area contributed by atoms with E-state index < -0.39 is 11.4 Å². The first-order chi connectivity index (χ1) is 6.91. The van der Waals surface area contributed by atoms with Crippen molar-refractivity contribution in [1.82, 2.24) is 4.90 Å². The minimum Gasteiger partial charge on any atom is -0.480 e. The number of hydrogen-bond donors (Lipinski definition) is 1. The highest BCUT2D eigenvalue weighted by Crippen LogP contribution is 2.18. The van der Waals surface area contributed by atoms with Crippen LogP contribution < -0.4 is 0 Å². The minimum atomic E-state index is -0.855. The van der Waals surface area contributed by atoms with Crippen LogP contribution in [0, 0.1) is 16.7 Å². The highest BCUT2D eigenvalue weighted by molar-refractivity contribution is 5.69. The molecule has 1 N–H and O–H groups in total. The van der Waals surface area contributed by atoms with Gasteiger partial charge < -0.3 is 5.11 Å². The molecule has 15 heavy (non-hydrogen) atoms. The Kier molecular flexibility index (Phi) is 5.65. The van der Waals surface area contributed by atoms with Gasteiger partial charge in [-0.1, -0.05) is 6.08 Å². The molecule has 0 atom stereocenters. The van der Waals surface area contributed by atoms with Crippen LogP contribution in [0.15, 0.2) is 12.7 Å². The predicted molar refractivity (Wildman–Crippen MR) is 58.3 cm³/mol. The van der Waals surface area contributed by atoms with Crippen molar-refractivity contribution in [2.45, 2.75) is 20.3 Å². The maximum atomic E-state index is 10.5. The largest absolute Gasteiger partial charge is 0.480 e. The second-order valence-electron chi connectivity index (χ2n) is 4.16. The Hall–Kier alpha value is -1.34. The molecule has 84 valence electrons. The van der Waals surface area contributed by atoms with E-state index >= 15 is 0 Å². The Labute approximate surface area is 90.8 Å². The lowest BCUT2D eigenvalue weighted by Crippen LogP contribution is -2.32. The molecular formula is C11H18N2O2. The van der Waals surface area contributed by atoms with Gasteiger partial charge in [0.1, 0.15) is 0 Å². The van der Waals surface area contributed by atoms with Gasteiger partial charge in [-0.2, -0.15) is 5.26 Å². The van der Waals surface area contributed by atoms with E-state index in [1.165, 1.54) is 0 Å². The summed E-state index contributed by atoms with van der Waals surface area (Å²) in [5, 5.41) is 17.5. The summed E-state index contributed by atoms with van der Waals surface area (Å²) < 4.78 is 0. The fourth-order valence-electron chi connectivity index (χ4n) is 1.10. The third-order valence-corrected chi connectivity index (χ3v) is 2.10. The summed E-state index contributed by atoms with van der Waals surface area (Å²) >= 11 is 0. The molecule has 0 rings (SSSR count). The number of carboxylic acid groups (broad SMARTS) is 1. The zero-order valence-electron chi connectivity index (χ0n) is 9.36. The molecule has 4 nitrogen and oxygen atoms in total. The first-order valence-electron chi connectivity index (χ1n) is 4.87. The Morgan fingerprint density at radius 1 is 1.67 bits per heavy atom. The lowest BCUT2D eigenvalue weighted by molar-refractivity contribution is -0.138. The highest BCUT2D eigenvalue weighted by Gasteiger charge is 2.18. The van der Waals surface area contributed by atoms with Gasteiger partial charge >= 0.3 is 5.97 Å². The van der Waals surface area contributed by atoms with E-state index in [0.29, 0.717) is 19.5 Å². The van der Waals surface area contributed by atoms with Crippen LogP contribution in [0.4, 0.5) is 0 Å². The van der Waals surface area contributed by atoms with Crippen molar-refractivity contribution >= 4 is 5.97 Å². The van der Waals surface area contributed by atoms with E-state index in [2.05, 4.69) is 12.6 Å². The number of rotatable bonds is 7. The molecule has 4 heteroatoms. The molecule has 0 heterocycles. The standard InChI is InChI=1S/C11H18N2O2/c1-4-6-13(8-10(14)15)7-5-11(2,3)9-12/h4H,1,5-8H2,2-3H3,(H,14,15). The molecule has 0 aliphatic carbocycles. The average molecular weight is 210 g/mol. The second-order valence-corrected chi connectivity index (χ2v) is 4.16. The van der Waals surface area contributed by atoms with Gasteiger partial charge in [-0.15, -0.1) is 6.58 Å². The maximum absolute atomic E-state index is 10.5. The predicted octanol–water partition coefficient (Wildman–Crippen LogP) is 1.50. The molecule has 0 spiro atoms. The second kappa shape index (κ2) is 6.20. The third kappa shape index (κ3) is 6.69. The lowest BCUT2D eigenvalue weighted by Gasteiger charge is -2.22. The minimum absolute atomic E-state index is 0.00642. The van der Waals surface area contributed by atoms with Crippen molar-refractivity contribution in [2.24, 2.45) is 5.41 Å². The average Bonchev–Trinajstić information content (AvgIpc) is 2.14. The van der Waals surface area contributed by atoms with Crippen molar-refractivity contribution in [1.29, 1.82) is 5.26 Å². The van der Waals surface area contributed by atoms with Gasteiger partial charge in [-0.25, -0.2) is 0 Å². The van der Waals surface area contributed by atoms with Crippen molar-refractivity contribution in [3.05, 3.63) is 12.7 Å². The van der Waals surface area contributed by atoms with Crippen LogP contribution >= 0.6 is 0 Å². The Morgan fingerprint density at radius 2 is 2.27 bits per heavy atom. The van der Waals surface area contributed by atoms with E-state index in [0.717, 1.165) is 0 Å². The van der Waals surface area contributed by atoms with Crippen LogP contribution in [0.3, 0.4) is 0 Å². The summed E-state index contributed by atoms with van der Waals surface area (Å²) in [6.45, 7) is 8.39. The molecule has 0 aromatic carbocycles. The fourth-order valence-corrected chi connectivity index (χ4v) is 1.10. The number of nitriles is 1. The van der Waals surface area contributed by atoms with Crippen molar-refractivity contribution in [3.63, 3.8) is 0 Å². The SMILES string of the molecule is C=CCN(CCC(C)(C)C#N)CC(=O)O. The van der Waals surface area contributed by atoms with Gasteiger partial charge in [0.25, 0.3) is 0 Å². The van der Waals surface area contributed by atoms with Gasteiger partial charge in [0.2, 0.25) is 0 Å². The molecule has 0 fully saturated rings. The van der Waals surface area contributed by atoms with E-state index in [9.17, 15) is 4.79 Å². The quantitative estimate of drug-likeness (QED) is 0.647. The van der Waals surface area contributed by atoms with E-state index in [-0.39, 0.29) is 6.54 Å². The first-order valence-corrected chi connectivity index (χ1v) is 4.87. The van der Waals surface area contributed by atoms with Crippen LogP contribution in [-0.2, 0) is 4.79 Å². The highest BCUT2D eigenvalue weighted by atomic mass is 16.4. The molecule has 0 amide bonds. The van der Waals surface area contributed by atoms with Crippen molar-refractivity contribution in [3.8, 4) is 6.07 Å². The zero-order chi connectivity index (χ0) is 11.9. The van der Waals surface area contributed by atoms with Gasteiger partial charge in [0, 0.05) is 13.1 Å². The summed E-state index contributed by atoms with van der Waals surface area (Å²) in [4.78, 5) is 12.3. The summed E-state index contributed by atoms with van der Waals surface area (Å²) in [6, 6.07) is 2.19. The molecule has 0 saturated carbocycles. The van der Waals surface area contributed by atoms with Crippen LogP contribution in [0.5, 0.6) is 0 Å². The molecule has 0 aliphatic rings. The molecule has 0 bridgehead atoms. The van der Waals surface area contributed by atoms with Crippen LogP contribution in [0.25, 0.3) is 0 Å². The molecule has 0 saturated heterocycles. The van der Waals surface area contributed by atoms with E-state index in [4.69, 9.17) is 10.4 Å². The normalized spacial score (nSPS) is 11.1. The lowest BCUT2D eigenvalue weighted by atomic mass is 9.91. The van der Waals surface area contributed by atoms with Crippen molar-refractivity contribution in [2.75, 3.05) is 19.6 Å². The van der Waals surface area contributed by atoms with Crippen molar-refractivity contribution < 1.29 is 9.90 Å². The summed E-state index contributed by atoms with van der Waals surface area (Å²) in [5.41, 5.74) is -0.405. The maximum Gasteiger partial charge on any atom is 0.317 e. The number of carboxylic acids is 1. The van der Waals surface area contributed by atoms with Crippen LogP contribution in [-0.4, -0.2) is 35.6 Å². The molecule has 0 aromatic rings. The Balaban J connectivity index is 4.13. The monoisotopic (exact) mass is 210 g/mol. The van der Waals surface area contributed by atoms with Gasteiger partial charge in [-0.3, -0.25) is 9.69 Å². The van der Waals surface area contributed by atoms with Crippen LogP contribution in [0.2, 0.25) is 0 Å². The topological polar surface area (TPSA) is 64.3 Å². The van der Waals surface area contributed by atoms with Crippen LogP contribution in [0.1, 0.15) is 20.3 Å². The fraction of sp³-hybridized carbons (Fsp3) is 0.636. The number of aliphatic carboxylic acids is 1. The number of carbonyl (C=O) groups is 1. The third-order valence-electron chi connectivity index (χ3n) is 2.10. The smallest absolute Gasteiger partial charge is 0.317 e. The summed E-state index contributed by atoms with van der Waals surface area (Å²) in [5.74, 6) is -0.855. The Morgan fingerprint density at radius 3 is 2.67 bits per heavy atom. The Bertz CT molecular complexity index is 266. The summed E-state index contributed by atoms with van der Waals surface area (Å²) in [6.07, 6.45) is 2.33. The number of hydrogen-bond acceptors (Lipinski definition) is 3. The molecule has 0 radical (unpaired) electrons.